The van der Waals surface area contributed by atoms with E-state index in [2.05, 4.69) is 6.92 Å². The van der Waals surface area contributed by atoms with E-state index in [1.165, 1.54) is 89.9 Å². The van der Waals surface area contributed by atoms with Crippen molar-refractivity contribution < 1.29 is 69.5 Å². The molecule has 6 heteroatoms. The SMILES string of the molecule is CCCCCCCCCCCCCCCCCC(O)CCCC(CC)S(=O)(=O)[O-].[K+]. The molecule has 2 unspecified atom stereocenters. The van der Waals surface area contributed by atoms with Gasteiger partial charge in [0.25, 0.3) is 0 Å². The first-order chi connectivity index (χ1) is 13.9. The van der Waals surface area contributed by atoms with Crippen molar-refractivity contribution in [2.45, 2.75) is 154 Å². The Hall–Kier alpha value is 1.51. The van der Waals surface area contributed by atoms with Gasteiger partial charge in [-0.2, -0.15) is 0 Å². The smallest absolute Gasteiger partial charge is 0.748 e. The number of aliphatic hydroxyl groups is 1. The summed E-state index contributed by atoms with van der Waals surface area (Å²) in [6.45, 7) is 4.00. The van der Waals surface area contributed by atoms with Gasteiger partial charge in [-0.15, -0.1) is 0 Å². The molecule has 0 rings (SSSR count). The summed E-state index contributed by atoms with van der Waals surface area (Å²) in [7, 11) is -4.19. The molecule has 0 saturated carbocycles. The van der Waals surface area contributed by atoms with Crippen molar-refractivity contribution in [1.29, 1.82) is 0 Å². The summed E-state index contributed by atoms with van der Waals surface area (Å²) in [5.74, 6) is 0. The Morgan fingerprint density at radius 3 is 1.37 bits per heavy atom. The second-order valence-electron chi connectivity index (χ2n) is 8.85. The van der Waals surface area contributed by atoms with Crippen LogP contribution in [0, 0.1) is 0 Å². The molecule has 0 aliphatic carbocycles. The van der Waals surface area contributed by atoms with Gasteiger partial charge >= 0.3 is 51.4 Å². The van der Waals surface area contributed by atoms with Gasteiger partial charge in [0.15, 0.2) is 0 Å². The van der Waals surface area contributed by atoms with Crippen LogP contribution in [0.4, 0.5) is 0 Å². The molecule has 30 heavy (non-hydrogen) atoms. The summed E-state index contributed by atoms with van der Waals surface area (Å²) in [6.07, 6.45) is 22.4. The Labute approximate surface area is 230 Å². The van der Waals surface area contributed by atoms with Gasteiger partial charge in [0.1, 0.15) is 0 Å². The molecule has 1 N–H and O–H groups in total. The Balaban J connectivity index is 0. The molecule has 0 fully saturated rings. The zero-order valence-corrected chi connectivity index (χ0v) is 24.3. The fourth-order valence-corrected chi connectivity index (χ4v) is 4.89. The summed E-state index contributed by atoms with van der Waals surface area (Å²) < 4.78 is 33.1. The Morgan fingerprint density at radius 2 is 1.00 bits per heavy atom. The van der Waals surface area contributed by atoms with Crippen LogP contribution < -0.4 is 51.4 Å². The van der Waals surface area contributed by atoms with Gasteiger partial charge in [-0.1, -0.05) is 110 Å². The van der Waals surface area contributed by atoms with Crippen molar-refractivity contribution >= 4 is 10.1 Å². The molecule has 0 spiro atoms. The van der Waals surface area contributed by atoms with Crippen LogP contribution in [-0.2, 0) is 10.1 Å². The van der Waals surface area contributed by atoms with E-state index in [4.69, 9.17) is 0 Å². The Bertz CT molecular complexity index is 442. The first-order valence-electron chi connectivity index (χ1n) is 12.5. The second-order valence-corrected chi connectivity index (χ2v) is 10.5. The van der Waals surface area contributed by atoms with Crippen LogP contribution in [0.3, 0.4) is 0 Å². The molecule has 0 aliphatic rings. The van der Waals surface area contributed by atoms with Crippen LogP contribution in [-0.4, -0.2) is 29.4 Å². The van der Waals surface area contributed by atoms with E-state index in [-0.39, 0.29) is 57.5 Å². The molecule has 0 aromatic carbocycles. The first-order valence-corrected chi connectivity index (χ1v) is 14.0. The van der Waals surface area contributed by atoms with Crippen LogP contribution in [0.1, 0.15) is 142 Å². The van der Waals surface area contributed by atoms with Gasteiger partial charge in [0, 0.05) is 5.25 Å². The minimum Gasteiger partial charge on any atom is -0.748 e. The quantitative estimate of drug-likeness (QED) is 0.146. The predicted octanol–water partition coefficient (Wildman–Crippen LogP) is 4.11. The molecule has 0 amide bonds. The van der Waals surface area contributed by atoms with Gasteiger partial charge in [-0.3, -0.25) is 0 Å². The van der Waals surface area contributed by atoms with Crippen molar-refractivity contribution in [3.05, 3.63) is 0 Å². The summed E-state index contributed by atoms with van der Waals surface area (Å²) in [4.78, 5) is 0. The van der Waals surface area contributed by atoms with Crippen LogP contribution >= 0.6 is 0 Å². The average Bonchev–Trinajstić information content (AvgIpc) is 2.67. The van der Waals surface area contributed by atoms with Crippen LogP contribution in [0.5, 0.6) is 0 Å². The van der Waals surface area contributed by atoms with Crippen LogP contribution in [0.2, 0.25) is 0 Å². The van der Waals surface area contributed by atoms with Crippen molar-refractivity contribution in [3.8, 4) is 0 Å². The second kappa shape index (κ2) is 23.7. The third kappa shape index (κ3) is 22.7. The molecule has 176 valence electrons. The topological polar surface area (TPSA) is 77.4 Å². The van der Waals surface area contributed by atoms with E-state index in [0.29, 0.717) is 25.7 Å². The van der Waals surface area contributed by atoms with Crippen molar-refractivity contribution in [1.82, 2.24) is 0 Å². The summed E-state index contributed by atoms with van der Waals surface area (Å²) in [5, 5.41) is 9.22. The van der Waals surface area contributed by atoms with E-state index in [0.717, 1.165) is 12.8 Å². The van der Waals surface area contributed by atoms with E-state index in [1.54, 1.807) is 6.92 Å². The molecular weight excluding hydrogens is 423 g/mol. The average molecular weight is 473 g/mol. The molecule has 0 bridgehead atoms. The van der Waals surface area contributed by atoms with Gasteiger partial charge in [-0.25, -0.2) is 8.42 Å². The molecule has 4 nitrogen and oxygen atoms in total. The maximum Gasteiger partial charge on any atom is 1.00 e. The van der Waals surface area contributed by atoms with Gasteiger partial charge in [0.2, 0.25) is 0 Å². The number of hydrogen-bond acceptors (Lipinski definition) is 4. The maximum absolute atomic E-state index is 11.0. The minimum atomic E-state index is -4.19. The summed E-state index contributed by atoms with van der Waals surface area (Å²) in [5.41, 5.74) is 0. The molecule has 0 aromatic rings. The van der Waals surface area contributed by atoms with Gasteiger partial charge in [0.05, 0.1) is 16.2 Å². The molecule has 0 heterocycles. The Kier molecular flexibility index (Phi) is 26.6. The molecule has 0 saturated heterocycles. The zero-order chi connectivity index (χ0) is 21.8. The predicted molar refractivity (Wildman–Crippen MR) is 123 cm³/mol. The monoisotopic (exact) mass is 472 g/mol. The van der Waals surface area contributed by atoms with Crippen molar-refractivity contribution in [2.75, 3.05) is 0 Å². The van der Waals surface area contributed by atoms with E-state index in [1.807, 2.05) is 0 Å². The van der Waals surface area contributed by atoms with E-state index < -0.39 is 15.4 Å². The van der Waals surface area contributed by atoms with Crippen LogP contribution in [0.15, 0.2) is 0 Å². The number of rotatable bonds is 22. The van der Waals surface area contributed by atoms with E-state index >= 15 is 0 Å². The fourth-order valence-electron chi connectivity index (χ4n) is 4.03. The van der Waals surface area contributed by atoms with Crippen molar-refractivity contribution in [3.63, 3.8) is 0 Å². The Morgan fingerprint density at radius 1 is 0.633 bits per heavy atom. The molecule has 0 aliphatic heterocycles. The molecule has 0 aromatic heterocycles. The maximum atomic E-state index is 11.0. The summed E-state index contributed by atoms with van der Waals surface area (Å²) in [6, 6.07) is 0. The molecule has 0 radical (unpaired) electrons. The molecular formula is C24H49KO4S. The fraction of sp³-hybridized carbons (Fsp3) is 1.00. The number of aliphatic hydroxyl groups excluding tert-OH is 1. The third-order valence-electron chi connectivity index (χ3n) is 6.07. The largest absolute Gasteiger partial charge is 1.00 e. The third-order valence-corrected chi connectivity index (χ3v) is 7.45. The zero-order valence-electron chi connectivity index (χ0n) is 20.4. The number of hydrogen-bond donors (Lipinski definition) is 1. The normalized spacial score (nSPS) is 13.7. The van der Waals surface area contributed by atoms with Gasteiger partial charge in [-0.05, 0) is 32.1 Å². The van der Waals surface area contributed by atoms with E-state index in [9.17, 15) is 18.1 Å². The van der Waals surface area contributed by atoms with Gasteiger partial charge < -0.3 is 9.66 Å². The van der Waals surface area contributed by atoms with Crippen LogP contribution in [0.25, 0.3) is 0 Å². The van der Waals surface area contributed by atoms with Crippen molar-refractivity contribution in [2.24, 2.45) is 0 Å². The number of unbranched alkanes of at least 4 members (excludes halogenated alkanes) is 14. The summed E-state index contributed by atoms with van der Waals surface area (Å²) >= 11 is 0. The first kappa shape index (κ1) is 33.7. The standard InChI is InChI=1S/C24H50O4S.K/c1-3-5-6-7-8-9-10-11-12-13-14-15-16-17-18-20-23(25)21-19-22-24(4-2)29(26,27)28;/h23-25H,3-22H2,1-2H3,(H,26,27,28);/q;+1/p-1. The minimum absolute atomic E-state index is 0. The molecule has 2 atom stereocenters.